The summed E-state index contributed by atoms with van der Waals surface area (Å²) in [5, 5.41) is 0. The first-order chi connectivity index (χ1) is 13.7. The molecular formula is C24H28N2O2. The first-order valence-electron chi connectivity index (χ1n) is 9.76. The van der Waals surface area contributed by atoms with E-state index in [-0.39, 0.29) is 5.91 Å². The van der Waals surface area contributed by atoms with Crippen molar-refractivity contribution in [3.05, 3.63) is 95.3 Å². The molecule has 0 aliphatic rings. The van der Waals surface area contributed by atoms with Crippen molar-refractivity contribution in [1.29, 1.82) is 0 Å². The molecule has 0 bridgehead atoms. The molecule has 0 aliphatic carbocycles. The minimum atomic E-state index is 0.0344. The molecule has 0 atom stereocenters. The lowest BCUT2D eigenvalue weighted by atomic mass is 10.1. The van der Waals surface area contributed by atoms with E-state index in [1.54, 1.807) is 7.11 Å². The summed E-state index contributed by atoms with van der Waals surface area (Å²) in [5.41, 5.74) is 4.30. The van der Waals surface area contributed by atoms with E-state index in [1.165, 1.54) is 11.1 Å². The normalized spacial score (nSPS) is 10.8. The molecule has 28 heavy (non-hydrogen) atoms. The van der Waals surface area contributed by atoms with Gasteiger partial charge in [0.05, 0.1) is 13.2 Å². The highest BCUT2D eigenvalue weighted by molar-refractivity contribution is 5.94. The van der Waals surface area contributed by atoms with E-state index in [0.29, 0.717) is 19.7 Å². The number of hydrogen-bond acceptors (Lipinski definition) is 2. The number of aromatic nitrogens is 1. The van der Waals surface area contributed by atoms with Gasteiger partial charge in [-0.05, 0) is 41.8 Å². The molecule has 146 valence electrons. The number of carbonyl (C=O) groups is 1. The molecule has 0 spiro atoms. The van der Waals surface area contributed by atoms with Crippen LogP contribution in [0.4, 0.5) is 0 Å². The highest BCUT2D eigenvalue weighted by Gasteiger charge is 2.17. The Kier molecular flexibility index (Phi) is 7.04. The third kappa shape index (κ3) is 5.11. The van der Waals surface area contributed by atoms with Gasteiger partial charge >= 0.3 is 0 Å². The summed E-state index contributed by atoms with van der Waals surface area (Å²) in [7, 11) is 1.66. The lowest BCUT2D eigenvalue weighted by Crippen LogP contribution is -2.34. The van der Waals surface area contributed by atoms with E-state index in [9.17, 15) is 4.79 Å². The fraction of sp³-hybridized carbons (Fsp3) is 0.292. The van der Waals surface area contributed by atoms with E-state index in [0.717, 1.165) is 24.2 Å². The zero-order valence-electron chi connectivity index (χ0n) is 16.7. The first-order valence-corrected chi connectivity index (χ1v) is 9.76. The van der Waals surface area contributed by atoms with Crippen LogP contribution in [-0.4, -0.2) is 35.6 Å². The average molecular weight is 377 g/mol. The number of aryl methyl sites for hydroxylation is 1. The number of ether oxygens (including phenoxy) is 1. The van der Waals surface area contributed by atoms with Crippen LogP contribution in [0, 0.1) is 0 Å². The third-order valence-corrected chi connectivity index (χ3v) is 4.93. The molecule has 3 rings (SSSR count). The Balaban J connectivity index is 1.77. The molecule has 3 aromatic rings. The van der Waals surface area contributed by atoms with Crippen LogP contribution in [0.1, 0.15) is 34.1 Å². The maximum Gasteiger partial charge on any atom is 0.254 e. The van der Waals surface area contributed by atoms with E-state index >= 15 is 0 Å². The Morgan fingerprint density at radius 1 is 0.964 bits per heavy atom. The molecule has 1 amide bonds. The van der Waals surface area contributed by atoms with Gasteiger partial charge in [-0.2, -0.15) is 0 Å². The molecule has 1 aromatic heterocycles. The Hall–Kier alpha value is -2.85. The molecule has 0 unspecified atom stereocenters. The van der Waals surface area contributed by atoms with Crippen LogP contribution in [0.5, 0.6) is 0 Å². The second-order valence-electron chi connectivity index (χ2n) is 6.88. The standard InChI is InChI=1S/C24H28N2O2/c1-3-20-11-13-22(14-12-20)24(27)26(16-17-28-2)19-23-10-7-15-25(23)18-21-8-5-4-6-9-21/h4-15H,3,16-19H2,1-2H3. The molecule has 0 N–H and O–H groups in total. The summed E-state index contributed by atoms with van der Waals surface area (Å²) in [5.74, 6) is 0.0344. The average Bonchev–Trinajstić information content (AvgIpc) is 3.18. The fourth-order valence-electron chi connectivity index (χ4n) is 3.24. The number of nitrogens with zero attached hydrogens (tertiary/aromatic N) is 2. The van der Waals surface area contributed by atoms with Gasteiger partial charge in [0.15, 0.2) is 0 Å². The fourth-order valence-corrected chi connectivity index (χ4v) is 3.24. The predicted octanol–water partition coefficient (Wildman–Crippen LogP) is 4.39. The minimum absolute atomic E-state index is 0.0344. The molecule has 1 heterocycles. The second-order valence-corrected chi connectivity index (χ2v) is 6.88. The number of hydrogen-bond donors (Lipinski definition) is 0. The summed E-state index contributed by atoms with van der Waals surface area (Å²) in [6, 6.07) is 22.4. The molecule has 0 saturated carbocycles. The minimum Gasteiger partial charge on any atom is -0.383 e. The van der Waals surface area contributed by atoms with E-state index in [2.05, 4.69) is 35.9 Å². The van der Waals surface area contributed by atoms with Crippen molar-refractivity contribution in [2.45, 2.75) is 26.4 Å². The van der Waals surface area contributed by atoms with Crippen LogP contribution in [0.25, 0.3) is 0 Å². The van der Waals surface area contributed by atoms with Gasteiger partial charge in [0.1, 0.15) is 0 Å². The quantitative estimate of drug-likeness (QED) is 0.555. The molecule has 4 heteroatoms. The van der Waals surface area contributed by atoms with Crippen molar-refractivity contribution >= 4 is 5.91 Å². The molecule has 0 aliphatic heterocycles. The molecule has 0 fully saturated rings. The van der Waals surface area contributed by atoms with E-state index in [4.69, 9.17) is 4.74 Å². The lowest BCUT2D eigenvalue weighted by molar-refractivity contribution is 0.0676. The van der Waals surface area contributed by atoms with Crippen LogP contribution in [0.3, 0.4) is 0 Å². The van der Waals surface area contributed by atoms with Gasteiger partial charge < -0.3 is 14.2 Å². The van der Waals surface area contributed by atoms with Crippen LogP contribution < -0.4 is 0 Å². The van der Waals surface area contributed by atoms with Crippen molar-refractivity contribution in [1.82, 2.24) is 9.47 Å². The molecular weight excluding hydrogens is 348 g/mol. The number of methoxy groups -OCH3 is 1. The van der Waals surface area contributed by atoms with Crippen LogP contribution >= 0.6 is 0 Å². The van der Waals surface area contributed by atoms with Gasteiger partial charge in [0.25, 0.3) is 5.91 Å². The Bertz CT molecular complexity index is 869. The van der Waals surface area contributed by atoms with Crippen LogP contribution in [0.2, 0.25) is 0 Å². The number of benzene rings is 2. The molecule has 0 saturated heterocycles. The summed E-state index contributed by atoms with van der Waals surface area (Å²) in [6.07, 6.45) is 3.03. The smallest absolute Gasteiger partial charge is 0.254 e. The van der Waals surface area contributed by atoms with Crippen molar-refractivity contribution in [2.24, 2.45) is 0 Å². The van der Waals surface area contributed by atoms with Crippen molar-refractivity contribution in [3.63, 3.8) is 0 Å². The molecule has 2 aromatic carbocycles. The highest BCUT2D eigenvalue weighted by atomic mass is 16.5. The maximum absolute atomic E-state index is 13.1. The maximum atomic E-state index is 13.1. The van der Waals surface area contributed by atoms with Gasteiger partial charge in [0, 0.05) is 37.7 Å². The number of rotatable bonds is 9. The van der Waals surface area contributed by atoms with Gasteiger partial charge in [-0.25, -0.2) is 0 Å². The van der Waals surface area contributed by atoms with Gasteiger partial charge in [0.2, 0.25) is 0 Å². The summed E-state index contributed by atoms with van der Waals surface area (Å²) in [4.78, 5) is 15.0. The number of carbonyl (C=O) groups excluding carboxylic acids is 1. The Morgan fingerprint density at radius 3 is 2.39 bits per heavy atom. The monoisotopic (exact) mass is 376 g/mol. The second kappa shape index (κ2) is 9.90. The van der Waals surface area contributed by atoms with E-state index in [1.807, 2.05) is 53.4 Å². The van der Waals surface area contributed by atoms with Crippen LogP contribution in [0.15, 0.2) is 72.9 Å². The van der Waals surface area contributed by atoms with Crippen molar-refractivity contribution in [3.8, 4) is 0 Å². The number of amides is 1. The van der Waals surface area contributed by atoms with Crippen molar-refractivity contribution in [2.75, 3.05) is 20.3 Å². The Morgan fingerprint density at radius 2 is 1.71 bits per heavy atom. The van der Waals surface area contributed by atoms with Crippen molar-refractivity contribution < 1.29 is 9.53 Å². The summed E-state index contributed by atoms with van der Waals surface area (Å²) < 4.78 is 7.44. The zero-order chi connectivity index (χ0) is 19.8. The topological polar surface area (TPSA) is 34.5 Å². The van der Waals surface area contributed by atoms with Gasteiger partial charge in [-0.1, -0.05) is 49.4 Å². The third-order valence-electron chi connectivity index (χ3n) is 4.93. The Labute approximate surface area is 167 Å². The largest absolute Gasteiger partial charge is 0.383 e. The summed E-state index contributed by atoms with van der Waals surface area (Å²) in [6.45, 7) is 4.53. The van der Waals surface area contributed by atoms with Crippen LogP contribution in [-0.2, 0) is 24.2 Å². The lowest BCUT2D eigenvalue weighted by Gasteiger charge is -2.23. The molecule has 0 radical (unpaired) electrons. The molecule has 4 nitrogen and oxygen atoms in total. The van der Waals surface area contributed by atoms with E-state index < -0.39 is 0 Å². The summed E-state index contributed by atoms with van der Waals surface area (Å²) >= 11 is 0. The van der Waals surface area contributed by atoms with Gasteiger partial charge in [-0.15, -0.1) is 0 Å². The predicted molar refractivity (Wildman–Crippen MR) is 112 cm³/mol. The highest BCUT2D eigenvalue weighted by Crippen LogP contribution is 2.14. The SMILES string of the molecule is CCc1ccc(C(=O)N(CCOC)Cc2cccn2Cc2ccccc2)cc1. The zero-order valence-corrected chi connectivity index (χ0v) is 16.7. The first kappa shape index (κ1) is 19.9. The van der Waals surface area contributed by atoms with Gasteiger partial charge in [-0.3, -0.25) is 4.79 Å².